The van der Waals surface area contributed by atoms with Crippen LogP contribution < -0.4 is 5.32 Å². The van der Waals surface area contributed by atoms with Crippen LogP contribution in [0, 0.1) is 19.8 Å². The molecule has 1 aromatic rings. The van der Waals surface area contributed by atoms with Crippen LogP contribution >= 0.6 is 35.3 Å². The van der Waals surface area contributed by atoms with E-state index in [1.54, 1.807) is 11.3 Å². The molecule has 0 saturated carbocycles. The highest BCUT2D eigenvalue weighted by Crippen LogP contribution is 2.21. The van der Waals surface area contributed by atoms with Crippen LogP contribution in [0.1, 0.15) is 34.8 Å². The lowest BCUT2D eigenvalue weighted by Gasteiger charge is -2.23. The highest BCUT2D eigenvalue weighted by molar-refractivity contribution is 14.0. The van der Waals surface area contributed by atoms with Gasteiger partial charge in [0.2, 0.25) is 0 Å². The van der Waals surface area contributed by atoms with E-state index in [9.17, 15) is 0 Å². The summed E-state index contributed by atoms with van der Waals surface area (Å²) in [7, 11) is 1.89. The van der Waals surface area contributed by atoms with Gasteiger partial charge in [-0.05, 0) is 52.1 Å². The number of nitrogens with zero attached hydrogens (tertiary/aromatic N) is 4. The Bertz CT molecular complexity index is 553. The Hall–Kier alpha value is -0.410. The molecule has 7 heteroatoms. The second kappa shape index (κ2) is 9.33. The van der Waals surface area contributed by atoms with Gasteiger partial charge >= 0.3 is 0 Å². The molecule has 0 bridgehead atoms. The molecule has 3 heterocycles. The summed E-state index contributed by atoms with van der Waals surface area (Å²) >= 11 is 1.78. The van der Waals surface area contributed by atoms with Crippen molar-refractivity contribution in [3.8, 4) is 0 Å². The van der Waals surface area contributed by atoms with E-state index in [2.05, 4.69) is 38.9 Å². The van der Waals surface area contributed by atoms with Gasteiger partial charge in [0.15, 0.2) is 5.96 Å². The summed E-state index contributed by atoms with van der Waals surface area (Å²) in [4.78, 5) is 15.4. The fourth-order valence-corrected chi connectivity index (χ4v) is 4.61. The van der Waals surface area contributed by atoms with E-state index in [-0.39, 0.29) is 24.0 Å². The molecule has 0 aliphatic carbocycles. The normalized spacial score (nSPS) is 22.0. The topological polar surface area (TPSA) is 43.8 Å². The lowest BCUT2D eigenvalue weighted by atomic mass is 10.1. The van der Waals surface area contributed by atoms with Gasteiger partial charge in [-0.25, -0.2) is 4.98 Å². The molecule has 2 saturated heterocycles. The summed E-state index contributed by atoms with van der Waals surface area (Å²) in [5.74, 6) is 1.83. The largest absolute Gasteiger partial charge is 0.351 e. The molecule has 5 nitrogen and oxygen atoms in total. The fraction of sp³-hybridized carbons (Fsp3) is 0.765. The molecule has 0 spiro atoms. The van der Waals surface area contributed by atoms with Gasteiger partial charge in [-0.1, -0.05) is 0 Å². The number of likely N-dealkylation sites (tertiary alicyclic amines) is 2. The first kappa shape index (κ1) is 19.9. The van der Waals surface area contributed by atoms with Crippen molar-refractivity contribution in [2.75, 3.05) is 39.8 Å². The third kappa shape index (κ3) is 5.05. The Kier molecular flexibility index (Phi) is 7.74. The molecule has 136 valence electrons. The number of thiazole rings is 1. The number of hydrogen-bond donors (Lipinski definition) is 1. The third-order valence-corrected chi connectivity index (χ3v) is 5.99. The Morgan fingerprint density at radius 1 is 1.29 bits per heavy atom. The van der Waals surface area contributed by atoms with E-state index >= 15 is 0 Å². The number of hydrogen-bond acceptors (Lipinski definition) is 4. The van der Waals surface area contributed by atoms with Crippen LogP contribution in [0.25, 0.3) is 0 Å². The summed E-state index contributed by atoms with van der Waals surface area (Å²) in [5.41, 5.74) is 1.14. The zero-order valence-electron chi connectivity index (χ0n) is 15.0. The van der Waals surface area contributed by atoms with Crippen LogP contribution in [0.2, 0.25) is 0 Å². The zero-order chi connectivity index (χ0) is 16.2. The van der Waals surface area contributed by atoms with E-state index < -0.39 is 0 Å². The molecule has 1 N–H and O–H groups in total. The maximum atomic E-state index is 4.50. The van der Waals surface area contributed by atoms with Crippen molar-refractivity contribution in [2.24, 2.45) is 10.9 Å². The average molecular weight is 463 g/mol. The van der Waals surface area contributed by atoms with Crippen molar-refractivity contribution in [3.63, 3.8) is 0 Å². The lowest BCUT2D eigenvalue weighted by molar-refractivity contribution is 0.281. The first-order valence-electron chi connectivity index (χ1n) is 8.76. The van der Waals surface area contributed by atoms with E-state index in [0.29, 0.717) is 0 Å². The van der Waals surface area contributed by atoms with Crippen molar-refractivity contribution >= 4 is 41.3 Å². The van der Waals surface area contributed by atoms with Crippen LogP contribution in [-0.4, -0.2) is 60.5 Å². The van der Waals surface area contributed by atoms with Crippen molar-refractivity contribution in [3.05, 3.63) is 15.6 Å². The van der Waals surface area contributed by atoms with Crippen molar-refractivity contribution in [1.29, 1.82) is 0 Å². The van der Waals surface area contributed by atoms with Crippen LogP contribution in [0.5, 0.6) is 0 Å². The SMILES string of the molecule is CN=C(NCc1sc(C)nc1C)N1CCC(CN2CCCC2)C1.I. The quantitative estimate of drug-likeness (QED) is 0.424. The van der Waals surface area contributed by atoms with Gasteiger partial charge in [0.1, 0.15) is 0 Å². The Balaban J connectivity index is 0.00000208. The molecule has 0 radical (unpaired) electrons. The molecule has 1 aromatic heterocycles. The minimum Gasteiger partial charge on any atom is -0.351 e. The summed E-state index contributed by atoms with van der Waals surface area (Å²) in [5, 5.41) is 4.67. The Morgan fingerprint density at radius 3 is 2.67 bits per heavy atom. The molecule has 1 unspecified atom stereocenters. The Labute approximate surface area is 166 Å². The summed E-state index contributed by atoms with van der Waals surface area (Å²) in [6, 6.07) is 0. The number of guanidine groups is 1. The number of aryl methyl sites for hydroxylation is 2. The predicted molar refractivity (Wildman–Crippen MR) is 113 cm³/mol. The summed E-state index contributed by atoms with van der Waals surface area (Å²) < 4.78 is 0. The van der Waals surface area contributed by atoms with Gasteiger partial charge in [-0.15, -0.1) is 35.3 Å². The molecular weight excluding hydrogens is 433 g/mol. The third-order valence-electron chi connectivity index (χ3n) is 4.92. The minimum absolute atomic E-state index is 0. The number of halogens is 1. The minimum atomic E-state index is 0. The van der Waals surface area contributed by atoms with Crippen LogP contribution in [0.3, 0.4) is 0 Å². The molecule has 2 fully saturated rings. The number of nitrogens with one attached hydrogen (secondary N) is 1. The van der Waals surface area contributed by atoms with Crippen LogP contribution in [0.4, 0.5) is 0 Å². The first-order chi connectivity index (χ1) is 11.2. The molecular formula is C17H30IN5S. The maximum absolute atomic E-state index is 4.50. The van der Waals surface area contributed by atoms with E-state index in [4.69, 9.17) is 0 Å². The molecule has 0 aromatic carbocycles. The van der Waals surface area contributed by atoms with Crippen molar-refractivity contribution in [1.82, 2.24) is 20.1 Å². The van der Waals surface area contributed by atoms with Gasteiger partial charge in [0, 0.05) is 31.6 Å². The fourth-order valence-electron chi connectivity index (χ4n) is 3.73. The van der Waals surface area contributed by atoms with Gasteiger partial charge in [-0.2, -0.15) is 0 Å². The van der Waals surface area contributed by atoms with Gasteiger partial charge in [0.25, 0.3) is 0 Å². The first-order valence-corrected chi connectivity index (χ1v) is 9.58. The monoisotopic (exact) mass is 463 g/mol. The van der Waals surface area contributed by atoms with E-state index in [0.717, 1.165) is 42.2 Å². The highest BCUT2D eigenvalue weighted by atomic mass is 127. The van der Waals surface area contributed by atoms with Crippen molar-refractivity contribution < 1.29 is 0 Å². The molecule has 0 amide bonds. The van der Waals surface area contributed by atoms with E-state index in [1.165, 1.54) is 43.8 Å². The second-order valence-electron chi connectivity index (χ2n) is 6.75. The lowest BCUT2D eigenvalue weighted by Crippen LogP contribution is -2.40. The molecule has 3 rings (SSSR count). The number of aliphatic imine (C=N–C) groups is 1. The Morgan fingerprint density at radius 2 is 2.04 bits per heavy atom. The van der Waals surface area contributed by atoms with Crippen LogP contribution in [-0.2, 0) is 6.54 Å². The molecule has 2 aliphatic heterocycles. The predicted octanol–water partition coefficient (Wildman–Crippen LogP) is 2.87. The summed E-state index contributed by atoms with van der Waals surface area (Å²) in [6.07, 6.45) is 4.05. The molecule has 2 aliphatic rings. The van der Waals surface area contributed by atoms with Gasteiger partial charge < -0.3 is 15.1 Å². The zero-order valence-corrected chi connectivity index (χ0v) is 18.2. The number of rotatable bonds is 4. The highest BCUT2D eigenvalue weighted by Gasteiger charge is 2.27. The second-order valence-corrected chi connectivity index (χ2v) is 8.04. The van der Waals surface area contributed by atoms with Gasteiger partial charge in [0.05, 0.1) is 17.2 Å². The van der Waals surface area contributed by atoms with Crippen LogP contribution in [0.15, 0.2) is 4.99 Å². The van der Waals surface area contributed by atoms with Gasteiger partial charge in [-0.3, -0.25) is 4.99 Å². The van der Waals surface area contributed by atoms with E-state index in [1.807, 2.05) is 7.05 Å². The smallest absolute Gasteiger partial charge is 0.193 e. The molecule has 24 heavy (non-hydrogen) atoms. The summed E-state index contributed by atoms with van der Waals surface area (Å²) in [6.45, 7) is 11.1. The molecule has 1 atom stereocenters. The number of aromatic nitrogens is 1. The van der Waals surface area contributed by atoms with Crippen molar-refractivity contribution in [2.45, 2.75) is 39.7 Å². The standard InChI is InChI=1S/C17H29N5S.HI/c1-13-16(23-14(2)20-13)10-19-17(18-3)22-9-6-15(12-22)11-21-7-4-5-8-21;/h15H,4-12H2,1-3H3,(H,18,19);1H. The average Bonchev–Trinajstić information content (AvgIpc) is 3.24. The maximum Gasteiger partial charge on any atom is 0.193 e.